The molecule has 0 unspecified atom stereocenters. The summed E-state index contributed by atoms with van der Waals surface area (Å²) in [6.07, 6.45) is 0. The van der Waals surface area contributed by atoms with Crippen LogP contribution in [0.2, 0.25) is 0 Å². The average molecular weight is 293 g/mol. The monoisotopic (exact) mass is 293 g/mol. The third kappa shape index (κ3) is 2.80. The summed E-state index contributed by atoms with van der Waals surface area (Å²) in [5.74, 6) is 0.806. The molecule has 0 saturated carbocycles. The number of hydrogen-bond acceptors (Lipinski definition) is 3. The Morgan fingerprint density at radius 2 is 1.77 bits per heavy atom. The van der Waals surface area contributed by atoms with Crippen LogP contribution in [0.5, 0.6) is 0 Å². The molecule has 6 nitrogen and oxygen atoms in total. The fourth-order valence-corrected chi connectivity index (χ4v) is 2.12. The molecule has 3 rings (SSSR count). The van der Waals surface area contributed by atoms with Crippen LogP contribution in [0, 0.1) is 6.92 Å². The fourth-order valence-electron chi connectivity index (χ4n) is 2.12. The van der Waals surface area contributed by atoms with E-state index >= 15 is 0 Å². The fraction of sp³-hybridized carbons (Fsp3) is 0.0625. The number of nitrogens with zero attached hydrogens (tertiary/aromatic N) is 3. The predicted octanol–water partition coefficient (Wildman–Crippen LogP) is 2.73. The number of carbonyl (C=O) groups is 1. The van der Waals surface area contributed by atoms with E-state index in [2.05, 4.69) is 15.4 Å². The van der Waals surface area contributed by atoms with E-state index in [9.17, 15) is 4.79 Å². The van der Waals surface area contributed by atoms with Crippen LogP contribution in [0.1, 0.15) is 5.56 Å². The second-order valence-electron chi connectivity index (χ2n) is 4.86. The number of hydrogen-bond donors (Lipinski definition) is 2. The molecule has 22 heavy (non-hydrogen) atoms. The van der Waals surface area contributed by atoms with Crippen molar-refractivity contribution in [2.45, 2.75) is 6.92 Å². The predicted molar refractivity (Wildman–Crippen MR) is 84.7 cm³/mol. The van der Waals surface area contributed by atoms with Crippen LogP contribution < -0.4 is 11.1 Å². The molecular formula is C16H15N5O. The molecule has 0 aliphatic carbocycles. The zero-order chi connectivity index (χ0) is 15.5. The molecule has 110 valence electrons. The van der Waals surface area contributed by atoms with Gasteiger partial charge in [0.15, 0.2) is 5.82 Å². The number of aryl methyl sites for hydroxylation is 1. The van der Waals surface area contributed by atoms with E-state index in [-0.39, 0.29) is 5.95 Å². The zero-order valence-corrected chi connectivity index (χ0v) is 12.0. The van der Waals surface area contributed by atoms with Crippen molar-refractivity contribution >= 4 is 12.0 Å². The Bertz CT molecular complexity index is 793. The van der Waals surface area contributed by atoms with Crippen molar-refractivity contribution in [2.24, 2.45) is 5.73 Å². The highest BCUT2D eigenvalue weighted by Crippen LogP contribution is 2.22. The summed E-state index contributed by atoms with van der Waals surface area (Å²) in [7, 11) is 0. The summed E-state index contributed by atoms with van der Waals surface area (Å²) < 4.78 is 1.68. The molecule has 1 aromatic heterocycles. The second-order valence-corrected chi connectivity index (χ2v) is 4.86. The van der Waals surface area contributed by atoms with E-state index in [1.807, 2.05) is 61.5 Å². The van der Waals surface area contributed by atoms with E-state index < -0.39 is 6.03 Å². The highest BCUT2D eigenvalue weighted by atomic mass is 16.2. The molecule has 2 aromatic carbocycles. The van der Waals surface area contributed by atoms with Gasteiger partial charge in [0, 0.05) is 5.56 Å². The first-order chi connectivity index (χ1) is 10.6. The van der Waals surface area contributed by atoms with Crippen LogP contribution in [-0.4, -0.2) is 20.8 Å². The van der Waals surface area contributed by atoms with Crippen LogP contribution in [0.15, 0.2) is 54.6 Å². The molecule has 6 heteroatoms. The van der Waals surface area contributed by atoms with Crippen molar-refractivity contribution in [2.75, 3.05) is 5.32 Å². The van der Waals surface area contributed by atoms with Crippen molar-refractivity contribution in [1.29, 1.82) is 0 Å². The summed E-state index contributed by atoms with van der Waals surface area (Å²) >= 11 is 0. The normalized spacial score (nSPS) is 10.4. The minimum atomic E-state index is -0.694. The van der Waals surface area contributed by atoms with E-state index in [1.165, 1.54) is 0 Å². The van der Waals surface area contributed by atoms with Crippen molar-refractivity contribution in [3.8, 4) is 17.1 Å². The van der Waals surface area contributed by atoms with Gasteiger partial charge in [-0.2, -0.15) is 4.98 Å². The molecule has 3 aromatic rings. The molecule has 0 saturated heterocycles. The molecule has 3 N–H and O–H groups in total. The quantitative estimate of drug-likeness (QED) is 0.778. The summed E-state index contributed by atoms with van der Waals surface area (Å²) in [6, 6.07) is 16.8. The van der Waals surface area contributed by atoms with Crippen molar-refractivity contribution < 1.29 is 4.79 Å². The maximum Gasteiger partial charge on any atom is 0.319 e. The number of primary amides is 1. The van der Waals surface area contributed by atoms with Gasteiger partial charge in [0.1, 0.15) is 0 Å². The van der Waals surface area contributed by atoms with Crippen LogP contribution in [0.25, 0.3) is 17.1 Å². The minimum absolute atomic E-state index is 0.173. The number of carbonyl (C=O) groups excluding carboxylic acids is 1. The van der Waals surface area contributed by atoms with Gasteiger partial charge in [-0.05, 0) is 19.1 Å². The van der Waals surface area contributed by atoms with Gasteiger partial charge >= 0.3 is 6.03 Å². The molecule has 0 radical (unpaired) electrons. The molecular weight excluding hydrogens is 278 g/mol. The Labute approximate surface area is 127 Å². The smallest absolute Gasteiger partial charge is 0.319 e. The number of aromatic nitrogens is 3. The number of nitrogens with one attached hydrogen (secondary N) is 1. The van der Waals surface area contributed by atoms with Crippen LogP contribution in [-0.2, 0) is 0 Å². The van der Waals surface area contributed by atoms with Gasteiger partial charge in [-0.3, -0.25) is 5.32 Å². The summed E-state index contributed by atoms with van der Waals surface area (Å²) in [6.45, 7) is 2.02. The lowest BCUT2D eigenvalue weighted by Gasteiger charge is -2.06. The molecule has 0 fully saturated rings. The Balaban J connectivity index is 2.12. The molecule has 2 amide bonds. The minimum Gasteiger partial charge on any atom is -0.351 e. The van der Waals surface area contributed by atoms with Gasteiger partial charge in [-0.1, -0.05) is 48.0 Å². The molecule has 1 heterocycles. The van der Waals surface area contributed by atoms with E-state index in [1.54, 1.807) is 4.68 Å². The van der Waals surface area contributed by atoms with Gasteiger partial charge in [0.05, 0.1) is 5.69 Å². The Morgan fingerprint density at radius 3 is 2.41 bits per heavy atom. The third-order valence-electron chi connectivity index (χ3n) is 3.15. The average Bonchev–Trinajstić information content (AvgIpc) is 2.92. The highest BCUT2D eigenvalue weighted by molar-refractivity contribution is 5.86. The Morgan fingerprint density at radius 1 is 1.09 bits per heavy atom. The largest absolute Gasteiger partial charge is 0.351 e. The molecule has 0 aliphatic heterocycles. The molecule has 0 atom stereocenters. The van der Waals surface area contributed by atoms with Crippen molar-refractivity contribution in [1.82, 2.24) is 14.8 Å². The van der Waals surface area contributed by atoms with E-state index in [4.69, 9.17) is 5.73 Å². The van der Waals surface area contributed by atoms with Crippen LogP contribution >= 0.6 is 0 Å². The van der Waals surface area contributed by atoms with Gasteiger partial charge in [0.25, 0.3) is 5.95 Å². The van der Waals surface area contributed by atoms with Crippen LogP contribution in [0.4, 0.5) is 10.7 Å². The maximum absolute atomic E-state index is 11.0. The molecule has 0 spiro atoms. The number of amides is 2. The topological polar surface area (TPSA) is 85.8 Å². The van der Waals surface area contributed by atoms with Gasteiger partial charge in [-0.15, -0.1) is 5.10 Å². The number of urea groups is 1. The lowest BCUT2D eigenvalue weighted by molar-refractivity contribution is 0.259. The highest BCUT2D eigenvalue weighted by Gasteiger charge is 2.14. The van der Waals surface area contributed by atoms with Crippen LogP contribution in [0.3, 0.4) is 0 Å². The van der Waals surface area contributed by atoms with Crippen molar-refractivity contribution in [3.05, 3.63) is 60.2 Å². The second kappa shape index (κ2) is 5.69. The lowest BCUT2D eigenvalue weighted by atomic mass is 10.2. The van der Waals surface area contributed by atoms with E-state index in [0.717, 1.165) is 16.8 Å². The number of benzene rings is 2. The third-order valence-corrected chi connectivity index (χ3v) is 3.15. The first-order valence-electron chi connectivity index (χ1n) is 6.79. The first kappa shape index (κ1) is 13.8. The maximum atomic E-state index is 11.0. The Kier molecular flexibility index (Phi) is 3.57. The summed E-state index contributed by atoms with van der Waals surface area (Å²) in [5.41, 5.74) is 8.05. The number of anilines is 1. The van der Waals surface area contributed by atoms with E-state index in [0.29, 0.717) is 5.82 Å². The first-order valence-corrected chi connectivity index (χ1v) is 6.79. The molecule has 0 bridgehead atoms. The number of nitrogens with two attached hydrogens (primary N) is 1. The van der Waals surface area contributed by atoms with Crippen molar-refractivity contribution in [3.63, 3.8) is 0 Å². The van der Waals surface area contributed by atoms with Gasteiger partial charge in [-0.25, -0.2) is 9.48 Å². The standard InChI is InChI=1S/C16H15N5O/c1-11-7-9-13(10-8-11)21-14(12-5-3-2-4-6-12)18-16(20-21)19-15(17)22/h2-10H,1H3,(H3,17,19,20,22). The summed E-state index contributed by atoms with van der Waals surface area (Å²) in [5, 5.41) is 6.73. The Hall–Kier alpha value is -3.15. The lowest BCUT2D eigenvalue weighted by Crippen LogP contribution is -2.20. The zero-order valence-electron chi connectivity index (χ0n) is 12.0. The SMILES string of the molecule is Cc1ccc(-n2nc(NC(N)=O)nc2-c2ccccc2)cc1. The van der Waals surface area contributed by atoms with Gasteiger partial charge < -0.3 is 5.73 Å². The summed E-state index contributed by atoms with van der Waals surface area (Å²) in [4.78, 5) is 15.4. The van der Waals surface area contributed by atoms with Gasteiger partial charge in [0.2, 0.25) is 0 Å². The molecule has 0 aliphatic rings. The number of rotatable bonds is 3.